The van der Waals surface area contributed by atoms with Crippen molar-refractivity contribution in [2.75, 3.05) is 7.11 Å². The van der Waals surface area contributed by atoms with Gasteiger partial charge in [0.1, 0.15) is 0 Å². The summed E-state index contributed by atoms with van der Waals surface area (Å²) in [6.45, 7) is 0. The maximum Gasteiger partial charge on any atom is 0.338 e. The van der Waals surface area contributed by atoms with Gasteiger partial charge in [0.25, 0.3) is 0 Å². The quantitative estimate of drug-likeness (QED) is 0.787. The standard InChI is InChI=1S/C12H12O4/c1-16-12(15)8-5-3-2-4-7(8)9-6-10(9)11(13)14/h2-5,9-10H,6H2,1H3,(H,13,14)/t9-,10+/m0/s1. The summed E-state index contributed by atoms with van der Waals surface area (Å²) in [6, 6.07) is 7.01. The van der Waals surface area contributed by atoms with Crippen LogP contribution in [0.5, 0.6) is 0 Å². The highest BCUT2D eigenvalue weighted by molar-refractivity contribution is 5.92. The van der Waals surface area contributed by atoms with E-state index in [0.29, 0.717) is 12.0 Å². The van der Waals surface area contributed by atoms with Crippen molar-refractivity contribution in [3.8, 4) is 0 Å². The largest absolute Gasteiger partial charge is 0.481 e. The number of aliphatic carboxylic acids is 1. The molecule has 0 spiro atoms. The normalized spacial score (nSPS) is 22.6. The summed E-state index contributed by atoms with van der Waals surface area (Å²) in [7, 11) is 1.32. The molecule has 0 saturated heterocycles. The van der Waals surface area contributed by atoms with Crippen LogP contribution in [0.2, 0.25) is 0 Å². The molecule has 4 nitrogen and oxygen atoms in total. The molecule has 4 heteroatoms. The highest BCUT2D eigenvalue weighted by atomic mass is 16.5. The lowest BCUT2D eigenvalue weighted by Crippen LogP contribution is -2.06. The van der Waals surface area contributed by atoms with Crippen molar-refractivity contribution in [2.45, 2.75) is 12.3 Å². The molecule has 84 valence electrons. The number of carbonyl (C=O) groups is 2. The predicted octanol–water partition coefficient (Wildman–Crippen LogP) is 1.66. The fourth-order valence-electron chi connectivity index (χ4n) is 1.93. The second kappa shape index (κ2) is 3.96. The zero-order valence-electron chi connectivity index (χ0n) is 8.84. The fourth-order valence-corrected chi connectivity index (χ4v) is 1.93. The molecule has 0 radical (unpaired) electrons. The molecular formula is C12H12O4. The van der Waals surface area contributed by atoms with E-state index in [2.05, 4.69) is 4.74 Å². The number of carboxylic acid groups (broad SMARTS) is 1. The molecule has 2 rings (SSSR count). The van der Waals surface area contributed by atoms with E-state index in [9.17, 15) is 9.59 Å². The van der Waals surface area contributed by atoms with Crippen LogP contribution >= 0.6 is 0 Å². The van der Waals surface area contributed by atoms with Gasteiger partial charge in [0.15, 0.2) is 0 Å². The number of hydrogen-bond acceptors (Lipinski definition) is 3. The third-order valence-corrected chi connectivity index (χ3v) is 2.87. The summed E-state index contributed by atoms with van der Waals surface area (Å²) in [4.78, 5) is 22.3. The van der Waals surface area contributed by atoms with Crippen LogP contribution in [0.1, 0.15) is 28.3 Å². The van der Waals surface area contributed by atoms with Crippen LogP contribution in [-0.4, -0.2) is 24.2 Å². The Bertz CT molecular complexity index is 438. The highest BCUT2D eigenvalue weighted by Gasteiger charge is 2.45. The first-order valence-corrected chi connectivity index (χ1v) is 5.05. The second-order valence-corrected chi connectivity index (χ2v) is 3.87. The molecule has 0 aromatic heterocycles. The Labute approximate surface area is 92.8 Å². The summed E-state index contributed by atoms with van der Waals surface area (Å²) >= 11 is 0. The Morgan fingerprint density at radius 2 is 2.06 bits per heavy atom. The van der Waals surface area contributed by atoms with E-state index in [1.54, 1.807) is 24.3 Å². The molecular weight excluding hydrogens is 208 g/mol. The Balaban J connectivity index is 2.28. The summed E-state index contributed by atoms with van der Waals surface area (Å²) in [5, 5.41) is 8.86. The number of ether oxygens (including phenoxy) is 1. The molecule has 1 fully saturated rings. The monoisotopic (exact) mass is 220 g/mol. The van der Waals surface area contributed by atoms with Crippen molar-refractivity contribution in [2.24, 2.45) is 5.92 Å². The molecule has 1 aromatic rings. The highest BCUT2D eigenvalue weighted by Crippen LogP contribution is 2.48. The third kappa shape index (κ3) is 1.78. The summed E-state index contributed by atoms with van der Waals surface area (Å²) in [5.41, 5.74) is 1.25. The number of rotatable bonds is 3. The van der Waals surface area contributed by atoms with Crippen LogP contribution in [0.3, 0.4) is 0 Å². The van der Waals surface area contributed by atoms with Gasteiger partial charge in [0.2, 0.25) is 0 Å². The molecule has 16 heavy (non-hydrogen) atoms. The molecule has 1 saturated carbocycles. The van der Waals surface area contributed by atoms with Gasteiger partial charge in [0.05, 0.1) is 18.6 Å². The lowest BCUT2D eigenvalue weighted by Gasteiger charge is -2.06. The van der Waals surface area contributed by atoms with E-state index in [1.807, 2.05) is 0 Å². The zero-order chi connectivity index (χ0) is 11.7. The smallest absolute Gasteiger partial charge is 0.338 e. The van der Waals surface area contributed by atoms with Crippen LogP contribution in [0.4, 0.5) is 0 Å². The Morgan fingerprint density at radius 3 is 2.62 bits per heavy atom. The van der Waals surface area contributed by atoms with Gasteiger partial charge < -0.3 is 9.84 Å². The first-order chi connectivity index (χ1) is 7.65. The van der Waals surface area contributed by atoms with Crippen LogP contribution in [0.25, 0.3) is 0 Å². The van der Waals surface area contributed by atoms with Gasteiger partial charge in [-0.1, -0.05) is 18.2 Å². The van der Waals surface area contributed by atoms with Gasteiger partial charge in [0, 0.05) is 0 Å². The third-order valence-electron chi connectivity index (χ3n) is 2.87. The van der Waals surface area contributed by atoms with E-state index < -0.39 is 11.9 Å². The maximum absolute atomic E-state index is 11.5. The first-order valence-electron chi connectivity index (χ1n) is 5.05. The second-order valence-electron chi connectivity index (χ2n) is 3.87. The SMILES string of the molecule is COC(=O)c1ccccc1[C@@H]1C[C@H]1C(=O)O. The molecule has 0 bridgehead atoms. The fraction of sp³-hybridized carbons (Fsp3) is 0.333. The lowest BCUT2D eigenvalue weighted by atomic mass is 10.0. The van der Waals surface area contributed by atoms with Crippen molar-refractivity contribution in [3.63, 3.8) is 0 Å². The van der Waals surface area contributed by atoms with Crippen molar-refractivity contribution < 1.29 is 19.4 Å². The number of methoxy groups -OCH3 is 1. The van der Waals surface area contributed by atoms with Crippen LogP contribution in [0.15, 0.2) is 24.3 Å². The molecule has 0 aliphatic heterocycles. The summed E-state index contributed by atoms with van der Waals surface area (Å²) in [6.07, 6.45) is 0.601. The number of esters is 1. The number of benzene rings is 1. The topological polar surface area (TPSA) is 63.6 Å². The summed E-state index contributed by atoms with van der Waals surface area (Å²) < 4.78 is 4.66. The van der Waals surface area contributed by atoms with Crippen LogP contribution in [0, 0.1) is 5.92 Å². The molecule has 1 N–H and O–H groups in total. The molecule has 1 aliphatic rings. The molecule has 0 heterocycles. The van der Waals surface area contributed by atoms with Crippen LogP contribution < -0.4 is 0 Å². The minimum absolute atomic E-state index is 0.0483. The minimum atomic E-state index is -0.801. The van der Waals surface area contributed by atoms with Gasteiger partial charge in [-0.2, -0.15) is 0 Å². The van der Waals surface area contributed by atoms with Crippen LogP contribution in [-0.2, 0) is 9.53 Å². The van der Waals surface area contributed by atoms with E-state index >= 15 is 0 Å². The Kier molecular flexibility index (Phi) is 2.64. The zero-order valence-corrected chi connectivity index (χ0v) is 8.84. The first kappa shape index (κ1) is 10.7. The van der Waals surface area contributed by atoms with Gasteiger partial charge in [-0.3, -0.25) is 4.79 Å². The number of carbonyl (C=O) groups excluding carboxylic acids is 1. The van der Waals surface area contributed by atoms with Crippen molar-refractivity contribution in [1.82, 2.24) is 0 Å². The minimum Gasteiger partial charge on any atom is -0.481 e. The average Bonchev–Trinajstić information content (AvgIpc) is 3.08. The van der Waals surface area contributed by atoms with Gasteiger partial charge in [-0.05, 0) is 24.0 Å². The van der Waals surface area contributed by atoms with Gasteiger partial charge in [-0.15, -0.1) is 0 Å². The van der Waals surface area contributed by atoms with Gasteiger partial charge >= 0.3 is 11.9 Å². The Morgan fingerprint density at radius 1 is 1.38 bits per heavy atom. The Hall–Kier alpha value is -1.84. The molecule has 0 unspecified atom stereocenters. The lowest BCUT2D eigenvalue weighted by molar-refractivity contribution is -0.138. The molecule has 1 aromatic carbocycles. The van der Waals surface area contributed by atoms with Crippen molar-refractivity contribution >= 4 is 11.9 Å². The van der Waals surface area contributed by atoms with E-state index in [1.165, 1.54) is 7.11 Å². The summed E-state index contributed by atoms with van der Waals surface area (Å²) in [5.74, 6) is -1.62. The van der Waals surface area contributed by atoms with E-state index in [4.69, 9.17) is 5.11 Å². The van der Waals surface area contributed by atoms with E-state index in [0.717, 1.165) is 5.56 Å². The average molecular weight is 220 g/mol. The van der Waals surface area contributed by atoms with Crippen molar-refractivity contribution in [1.29, 1.82) is 0 Å². The maximum atomic E-state index is 11.5. The molecule has 2 atom stereocenters. The number of carboxylic acids is 1. The molecule has 0 amide bonds. The van der Waals surface area contributed by atoms with Gasteiger partial charge in [-0.25, -0.2) is 4.79 Å². The van der Waals surface area contributed by atoms with E-state index in [-0.39, 0.29) is 11.8 Å². The van der Waals surface area contributed by atoms with Crippen molar-refractivity contribution in [3.05, 3.63) is 35.4 Å². The molecule has 1 aliphatic carbocycles. The predicted molar refractivity (Wildman–Crippen MR) is 56.3 cm³/mol. The number of hydrogen-bond donors (Lipinski definition) is 1.